The van der Waals surface area contributed by atoms with Crippen molar-refractivity contribution in [1.29, 1.82) is 0 Å². The number of ether oxygens (including phenoxy) is 2. The molecule has 0 aromatic heterocycles. The zero-order chi connectivity index (χ0) is 75.7. The minimum atomic E-state index is -0.725. The summed E-state index contributed by atoms with van der Waals surface area (Å²) < 4.78 is 15.1. The van der Waals surface area contributed by atoms with Gasteiger partial charge in [0.2, 0.25) is 5.71 Å². The quantitative estimate of drug-likeness (QED) is 0.0154. The molecule has 107 heavy (non-hydrogen) atoms. The number of hydrogen-bond donors (Lipinski definition) is 1. The fraction of sp³-hybridized carbons (Fsp3) is 0.384. The second-order valence-corrected chi connectivity index (χ2v) is 34.5. The van der Waals surface area contributed by atoms with Crippen LogP contribution in [0.3, 0.4) is 0 Å². The number of allylic oxidation sites excluding steroid dienone is 12. The van der Waals surface area contributed by atoms with E-state index in [2.05, 4.69) is 317 Å². The van der Waals surface area contributed by atoms with Crippen LogP contribution in [0.15, 0.2) is 259 Å². The number of nitrogens with zero attached hydrogens (tertiary/aromatic N) is 3. The van der Waals surface area contributed by atoms with Crippen molar-refractivity contribution in [3.8, 4) is 22.6 Å². The van der Waals surface area contributed by atoms with Gasteiger partial charge < -0.3 is 24.2 Å². The van der Waals surface area contributed by atoms with Gasteiger partial charge in [0, 0.05) is 61.2 Å². The first-order valence-corrected chi connectivity index (χ1v) is 39.9. The third-order valence-electron chi connectivity index (χ3n) is 21.7. The van der Waals surface area contributed by atoms with Crippen molar-refractivity contribution in [1.82, 2.24) is 9.80 Å². The number of unbranched alkanes of at least 4 members (excludes halogenated alkanes) is 12. The van der Waals surface area contributed by atoms with E-state index >= 15 is 0 Å². The highest BCUT2D eigenvalue weighted by molar-refractivity contribution is 6.42. The Kier molecular flexibility index (Phi) is 26.5. The number of quaternary nitrogens is 1. The van der Waals surface area contributed by atoms with Crippen LogP contribution >= 0.6 is 0 Å². The topological polar surface area (TPSA) is 66.5 Å². The van der Waals surface area contributed by atoms with E-state index in [1.54, 1.807) is 0 Å². The Morgan fingerprint density at radius 3 is 1.18 bits per heavy atom. The number of rotatable bonds is 31. The number of Topliss-reactive ketones (excluding diaryl/α,β-unsaturated/α-hetero) is 2. The second kappa shape index (κ2) is 36.0. The first-order chi connectivity index (χ1) is 51.3. The molecule has 1 saturated carbocycles. The molecule has 0 radical (unpaired) electrons. The molecule has 1 atom stereocenters. The van der Waals surface area contributed by atoms with Gasteiger partial charge in [-0.05, 0) is 204 Å². The summed E-state index contributed by atoms with van der Waals surface area (Å²) in [5, 5.41) is 0. The van der Waals surface area contributed by atoms with Crippen LogP contribution in [0.1, 0.15) is 228 Å². The molecular formula is C99H120N4O4+2. The van der Waals surface area contributed by atoms with Crippen LogP contribution < -0.4 is 14.4 Å². The summed E-state index contributed by atoms with van der Waals surface area (Å²) in [4.78, 5) is 33.5. The molecule has 0 saturated heterocycles. The number of benzene rings is 7. The van der Waals surface area contributed by atoms with Crippen LogP contribution in [0.25, 0.3) is 11.1 Å². The van der Waals surface area contributed by atoms with E-state index in [1.165, 1.54) is 144 Å². The van der Waals surface area contributed by atoms with E-state index in [0.717, 1.165) is 77.8 Å². The molecule has 0 amide bonds. The molecule has 2 heterocycles. The van der Waals surface area contributed by atoms with Crippen LogP contribution in [-0.4, -0.2) is 51.8 Å². The monoisotopic (exact) mass is 1430 g/mol. The molecule has 4 aliphatic rings. The van der Waals surface area contributed by atoms with Gasteiger partial charge in [0.05, 0.1) is 19.2 Å². The zero-order valence-corrected chi connectivity index (χ0v) is 66.7. The van der Waals surface area contributed by atoms with Gasteiger partial charge in [-0.1, -0.05) is 256 Å². The molecule has 1 fully saturated rings. The SMILES string of the molecule is C[NH+](CCCCCCCCCCCCCCCN1C=CC(=C2C=CN(Cc3ccc(-c4cc(COc5ccc(C(C)(C)C)cc5)cc(COc5ccc(C(C)(C)C)cc5)c4)cc3)C=C2)C=C1)c1ccc(C2C(=O)C(=C3C=CC(=[N+](Cc4ccc(C(C)(C)C)cc4)Cc4ccc(C(C)(C)C)cc4)C=C3)C2=O)cc1. The highest BCUT2D eigenvalue weighted by atomic mass is 16.5. The molecule has 11 rings (SSSR count). The summed E-state index contributed by atoms with van der Waals surface area (Å²) in [7, 11) is 2.23. The summed E-state index contributed by atoms with van der Waals surface area (Å²) in [6, 6.07) is 58.8. The van der Waals surface area contributed by atoms with Gasteiger partial charge in [0.15, 0.2) is 24.7 Å². The lowest BCUT2D eigenvalue weighted by Crippen LogP contribution is -3.03. The highest BCUT2D eigenvalue weighted by Gasteiger charge is 2.46. The maximum Gasteiger partial charge on any atom is 0.200 e. The normalized spacial score (nSPS) is 15.6. The standard InChI is InChI=1S/C99H119N4O4/c1-96(2,3)84-39-29-74(30-40-84)69-103(70-75-31-41-85(42-32-75)97(4,5)6)89-49-37-82(38-50-89)93-94(104)92(95(93)105)81-35-47-88(48-36-81)100(13)59-25-23-21-19-17-15-14-16-18-20-22-24-26-60-101-61-55-79(56-62-101)80-57-63-102(64-58-80)68-73-27-33-78(34-28-73)83-66-76(71-106-90-51-43-86(44-52-90)98(7,8)9)65-77(67-83)72-107-91-53-45-87(46-54-91)99(10,11)12/h27-58,61-67,92H,14-26,59-60,68-72H2,1-13H3/q+1/p+1. The Labute approximate surface area is 642 Å². The minimum absolute atomic E-state index is 0.0851. The zero-order valence-electron chi connectivity index (χ0n) is 66.7. The van der Waals surface area contributed by atoms with Crippen LogP contribution in [-0.2, 0) is 64.1 Å². The van der Waals surface area contributed by atoms with Crippen LogP contribution in [0.4, 0.5) is 5.69 Å². The molecule has 8 heteroatoms. The second-order valence-electron chi connectivity index (χ2n) is 34.5. The smallest absolute Gasteiger partial charge is 0.200 e. The number of carbonyl (C=O) groups excluding carboxylic acids is 2. The summed E-state index contributed by atoms with van der Waals surface area (Å²) in [5.74, 6) is 0.831. The lowest BCUT2D eigenvalue weighted by atomic mass is 9.70. The average molecular weight is 1430 g/mol. The van der Waals surface area contributed by atoms with E-state index in [0.29, 0.717) is 24.4 Å². The maximum absolute atomic E-state index is 13.8. The van der Waals surface area contributed by atoms with E-state index in [1.807, 2.05) is 24.3 Å². The van der Waals surface area contributed by atoms with Gasteiger partial charge >= 0.3 is 0 Å². The lowest BCUT2D eigenvalue weighted by Gasteiger charge is -2.28. The van der Waals surface area contributed by atoms with Crippen LogP contribution in [0.5, 0.6) is 11.5 Å². The third kappa shape index (κ3) is 22.4. The van der Waals surface area contributed by atoms with Crippen LogP contribution in [0.2, 0.25) is 0 Å². The molecule has 2 aliphatic heterocycles. The van der Waals surface area contributed by atoms with Crippen molar-refractivity contribution < 1.29 is 28.5 Å². The van der Waals surface area contributed by atoms with Crippen molar-refractivity contribution in [2.75, 3.05) is 20.1 Å². The first-order valence-electron chi connectivity index (χ1n) is 39.9. The molecule has 558 valence electrons. The van der Waals surface area contributed by atoms with Gasteiger partial charge in [-0.15, -0.1) is 0 Å². The summed E-state index contributed by atoms with van der Waals surface area (Å²) in [6.07, 6.45) is 42.8. The average Bonchev–Trinajstić information content (AvgIpc) is 0.746. The molecule has 0 bridgehead atoms. The first kappa shape index (κ1) is 78.7. The van der Waals surface area contributed by atoms with E-state index < -0.39 is 5.92 Å². The van der Waals surface area contributed by atoms with Gasteiger partial charge in [0.1, 0.15) is 36.3 Å². The van der Waals surface area contributed by atoms with Crippen molar-refractivity contribution in [2.24, 2.45) is 0 Å². The fourth-order valence-electron chi connectivity index (χ4n) is 14.6. The molecule has 1 N–H and O–H groups in total. The molecule has 1 unspecified atom stereocenters. The van der Waals surface area contributed by atoms with Gasteiger partial charge in [-0.2, -0.15) is 0 Å². The summed E-state index contributed by atoms with van der Waals surface area (Å²) in [5.41, 5.74) is 20.3. The Hall–Kier alpha value is -9.37. The van der Waals surface area contributed by atoms with Gasteiger partial charge in [-0.3, -0.25) is 9.59 Å². The Balaban J connectivity index is 0.535. The fourth-order valence-corrected chi connectivity index (χ4v) is 14.6. The van der Waals surface area contributed by atoms with Crippen molar-refractivity contribution in [3.05, 3.63) is 315 Å². The van der Waals surface area contributed by atoms with Gasteiger partial charge in [0.25, 0.3) is 0 Å². The molecule has 8 nitrogen and oxygen atoms in total. The van der Waals surface area contributed by atoms with Crippen molar-refractivity contribution >= 4 is 23.0 Å². The Morgan fingerprint density at radius 2 is 0.757 bits per heavy atom. The Bertz CT molecular complexity index is 4240. The number of nitrogens with one attached hydrogen (secondary N) is 1. The third-order valence-corrected chi connectivity index (χ3v) is 21.7. The van der Waals surface area contributed by atoms with E-state index in [9.17, 15) is 9.59 Å². The molecule has 0 spiro atoms. The molecule has 7 aromatic rings. The number of hydrogen-bond acceptors (Lipinski definition) is 6. The molecule has 2 aliphatic carbocycles. The number of ketones is 2. The van der Waals surface area contributed by atoms with E-state index in [-0.39, 0.29) is 33.2 Å². The van der Waals surface area contributed by atoms with Crippen molar-refractivity contribution in [2.45, 2.75) is 227 Å². The minimum Gasteiger partial charge on any atom is -0.489 e. The lowest BCUT2D eigenvalue weighted by molar-refractivity contribution is -0.810. The largest absolute Gasteiger partial charge is 0.489 e. The van der Waals surface area contributed by atoms with E-state index in [4.69, 9.17) is 9.47 Å². The predicted molar refractivity (Wildman–Crippen MR) is 446 cm³/mol. The number of carbonyl (C=O) groups is 2. The van der Waals surface area contributed by atoms with Crippen molar-refractivity contribution in [3.63, 3.8) is 0 Å². The molecular weight excluding hydrogens is 1310 g/mol. The Morgan fingerprint density at radius 1 is 0.374 bits per heavy atom. The van der Waals surface area contributed by atoms with Gasteiger partial charge in [-0.25, -0.2) is 4.58 Å². The predicted octanol–water partition coefficient (Wildman–Crippen LogP) is 22.6. The van der Waals surface area contributed by atoms with Crippen LogP contribution in [0, 0.1) is 0 Å². The maximum atomic E-state index is 13.8. The molecule has 7 aromatic carbocycles. The summed E-state index contributed by atoms with van der Waals surface area (Å²) in [6.45, 7) is 32.2. The highest BCUT2D eigenvalue weighted by Crippen LogP contribution is 2.38. The summed E-state index contributed by atoms with van der Waals surface area (Å²) >= 11 is 0.